The second kappa shape index (κ2) is 8.12. The van der Waals surface area contributed by atoms with Crippen molar-refractivity contribution in [2.45, 2.75) is 37.8 Å². The SMILES string of the molecule is C[n+]1cc(C(=O)N2CCc3[nH]cnc3C2c2oc3ccccc3c2C2CC2)oc1-c1cnn(C(F)F)c1. The van der Waals surface area contributed by atoms with E-state index >= 15 is 0 Å². The summed E-state index contributed by atoms with van der Waals surface area (Å²) in [6, 6.07) is 7.43. The number of hydrogen-bond acceptors (Lipinski definition) is 5. The Balaban J connectivity index is 1.31. The first-order valence-electron chi connectivity index (χ1n) is 12.2. The van der Waals surface area contributed by atoms with Crippen LogP contribution in [0.15, 0.2) is 58.0 Å². The summed E-state index contributed by atoms with van der Waals surface area (Å²) in [6.45, 7) is -2.33. The summed E-state index contributed by atoms with van der Waals surface area (Å²) in [6.07, 6.45) is 8.45. The molecule has 9 nitrogen and oxygen atoms in total. The van der Waals surface area contributed by atoms with Gasteiger partial charge < -0.3 is 18.7 Å². The number of nitrogens with zero attached hydrogens (tertiary/aromatic N) is 5. The summed E-state index contributed by atoms with van der Waals surface area (Å²) in [5.41, 5.74) is 4.01. The zero-order valence-electron chi connectivity index (χ0n) is 19.9. The number of furan rings is 1. The normalized spacial score (nSPS) is 17.6. The van der Waals surface area contributed by atoms with Gasteiger partial charge in [-0.3, -0.25) is 4.79 Å². The van der Waals surface area contributed by atoms with Crippen LogP contribution >= 0.6 is 0 Å². The van der Waals surface area contributed by atoms with Crippen LogP contribution in [-0.4, -0.2) is 37.1 Å². The highest BCUT2D eigenvalue weighted by Crippen LogP contribution is 2.50. The third kappa shape index (κ3) is 3.48. The van der Waals surface area contributed by atoms with Crippen LogP contribution < -0.4 is 4.57 Å². The summed E-state index contributed by atoms with van der Waals surface area (Å²) in [7, 11) is 1.69. The molecule has 1 aliphatic heterocycles. The molecule has 188 valence electrons. The quantitative estimate of drug-likeness (QED) is 0.355. The smallest absolute Gasteiger partial charge is 0.384 e. The molecule has 7 rings (SSSR count). The Morgan fingerprint density at radius 1 is 1.24 bits per heavy atom. The largest absolute Gasteiger partial charge is 0.458 e. The van der Waals surface area contributed by atoms with Gasteiger partial charge in [0.25, 0.3) is 11.7 Å². The number of rotatable bonds is 5. The van der Waals surface area contributed by atoms with Crippen LogP contribution in [0, 0.1) is 0 Å². The predicted octanol–water partition coefficient (Wildman–Crippen LogP) is 4.50. The Hall–Kier alpha value is -4.28. The molecule has 1 N–H and O–H groups in total. The monoisotopic (exact) mass is 505 g/mol. The van der Waals surface area contributed by atoms with E-state index in [0.29, 0.717) is 29.1 Å². The lowest BCUT2D eigenvalue weighted by Gasteiger charge is -2.33. The number of aromatic nitrogens is 5. The van der Waals surface area contributed by atoms with Crippen molar-refractivity contribution in [3.8, 4) is 11.5 Å². The second-order valence-electron chi connectivity index (χ2n) is 9.57. The number of benzene rings is 1. The van der Waals surface area contributed by atoms with E-state index < -0.39 is 12.6 Å². The number of fused-ring (bicyclic) bond motifs is 2. The summed E-state index contributed by atoms with van der Waals surface area (Å²) in [5, 5.41) is 4.74. The summed E-state index contributed by atoms with van der Waals surface area (Å²) >= 11 is 0. The van der Waals surface area contributed by atoms with Crippen molar-refractivity contribution in [3.63, 3.8) is 0 Å². The molecule has 5 aromatic rings. The van der Waals surface area contributed by atoms with Crippen LogP contribution in [0.25, 0.3) is 22.4 Å². The fourth-order valence-corrected chi connectivity index (χ4v) is 5.34. The van der Waals surface area contributed by atoms with Gasteiger partial charge in [-0.15, -0.1) is 0 Å². The summed E-state index contributed by atoms with van der Waals surface area (Å²) < 4.78 is 40.6. The molecule has 1 amide bonds. The first-order valence-corrected chi connectivity index (χ1v) is 12.2. The van der Waals surface area contributed by atoms with Gasteiger partial charge in [-0.2, -0.15) is 18.4 Å². The molecular formula is C26H23F2N6O3+. The van der Waals surface area contributed by atoms with Crippen molar-refractivity contribution in [1.82, 2.24) is 24.6 Å². The van der Waals surface area contributed by atoms with E-state index in [2.05, 4.69) is 21.1 Å². The van der Waals surface area contributed by atoms with Crippen molar-refractivity contribution in [1.29, 1.82) is 0 Å². The summed E-state index contributed by atoms with van der Waals surface area (Å²) in [4.78, 5) is 23.5. The third-order valence-electron chi connectivity index (χ3n) is 7.18. The molecule has 0 saturated heterocycles. The number of nitrogens with one attached hydrogen (secondary N) is 1. The number of H-pyrrole nitrogens is 1. The van der Waals surface area contributed by atoms with Crippen molar-refractivity contribution in [2.75, 3.05) is 6.54 Å². The zero-order chi connectivity index (χ0) is 25.3. The maximum Gasteiger partial charge on any atom is 0.384 e. The topological polar surface area (TPSA) is 97.0 Å². The van der Waals surface area contributed by atoms with Crippen molar-refractivity contribution in [3.05, 3.63) is 77.7 Å². The van der Waals surface area contributed by atoms with E-state index in [0.717, 1.165) is 46.5 Å². The minimum Gasteiger partial charge on any atom is -0.458 e. The van der Waals surface area contributed by atoms with Crippen LogP contribution in [0.1, 0.15) is 64.6 Å². The van der Waals surface area contributed by atoms with Gasteiger partial charge in [0, 0.05) is 35.8 Å². The number of oxazole rings is 1. The van der Waals surface area contributed by atoms with Gasteiger partial charge in [0.05, 0.1) is 18.2 Å². The molecule has 0 spiro atoms. The van der Waals surface area contributed by atoms with E-state index in [9.17, 15) is 13.6 Å². The molecule has 0 radical (unpaired) electrons. The van der Waals surface area contributed by atoms with Crippen molar-refractivity contribution in [2.24, 2.45) is 7.05 Å². The second-order valence-corrected chi connectivity index (χ2v) is 9.57. The minimum atomic E-state index is -2.77. The number of imidazole rings is 1. The lowest BCUT2D eigenvalue weighted by Crippen LogP contribution is -2.41. The number of aryl methyl sites for hydroxylation is 1. The van der Waals surface area contributed by atoms with Crippen LogP contribution in [0.2, 0.25) is 0 Å². The molecular weight excluding hydrogens is 482 g/mol. The number of para-hydroxylation sites is 1. The molecule has 37 heavy (non-hydrogen) atoms. The first-order chi connectivity index (χ1) is 18.0. The molecule has 5 heterocycles. The van der Waals surface area contributed by atoms with Gasteiger partial charge in [0.2, 0.25) is 6.20 Å². The molecule has 1 fully saturated rings. The molecule has 1 saturated carbocycles. The van der Waals surface area contributed by atoms with E-state index in [1.165, 1.54) is 12.4 Å². The number of alkyl halides is 2. The molecule has 1 unspecified atom stereocenters. The first kappa shape index (κ1) is 22.0. The Kier molecular flexibility index (Phi) is 4.82. The van der Waals surface area contributed by atoms with Gasteiger partial charge in [-0.1, -0.05) is 18.2 Å². The predicted molar refractivity (Wildman–Crippen MR) is 126 cm³/mol. The Morgan fingerprint density at radius 3 is 2.86 bits per heavy atom. The van der Waals surface area contributed by atoms with Crippen molar-refractivity contribution >= 4 is 16.9 Å². The maximum absolute atomic E-state index is 13.9. The molecule has 4 aromatic heterocycles. The van der Waals surface area contributed by atoms with Crippen LogP contribution in [0.5, 0.6) is 0 Å². The highest BCUT2D eigenvalue weighted by atomic mass is 19.3. The molecule has 11 heteroatoms. The van der Waals surface area contributed by atoms with E-state index in [1.807, 2.05) is 18.2 Å². The van der Waals surface area contributed by atoms with E-state index in [1.54, 1.807) is 29.0 Å². The van der Waals surface area contributed by atoms with Gasteiger partial charge >= 0.3 is 12.4 Å². The lowest BCUT2D eigenvalue weighted by molar-refractivity contribution is -0.662. The third-order valence-corrected chi connectivity index (χ3v) is 7.18. The standard InChI is InChI=1S/C26H23F2N6O3/c1-32-12-19(37-25(32)15-10-31-34(11-15)26(27)28)24(35)33-9-8-17-21(30-13-29-17)22(33)23-20(14-6-7-14)16-4-2-3-5-18(16)36-23/h2-5,10-14,22,26H,6-9H2,1H3,(H,29,30)/q+1. The maximum atomic E-state index is 13.9. The van der Waals surface area contributed by atoms with E-state index in [4.69, 9.17) is 8.83 Å². The molecule has 1 aromatic carbocycles. The molecule has 1 atom stereocenters. The summed E-state index contributed by atoms with van der Waals surface area (Å²) in [5.74, 6) is 1.14. The zero-order valence-corrected chi connectivity index (χ0v) is 19.9. The number of amides is 1. The minimum absolute atomic E-state index is 0.0929. The van der Waals surface area contributed by atoms with E-state index in [-0.39, 0.29) is 17.6 Å². The van der Waals surface area contributed by atoms with Crippen LogP contribution in [0.3, 0.4) is 0 Å². The van der Waals surface area contributed by atoms with Crippen LogP contribution in [0.4, 0.5) is 8.78 Å². The number of carbonyl (C=O) groups excluding carboxylic acids is 1. The van der Waals surface area contributed by atoms with Gasteiger partial charge in [0.1, 0.15) is 30.0 Å². The molecule has 1 aliphatic carbocycles. The van der Waals surface area contributed by atoms with Gasteiger partial charge in [-0.25, -0.2) is 9.67 Å². The molecule has 0 bridgehead atoms. The number of carbonyl (C=O) groups is 1. The fourth-order valence-electron chi connectivity index (χ4n) is 5.34. The highest BCUT2D eigenvalue weighted by Gasteiger charge is 2.43. The molecule has 2 aliphatic rings. The average molecular weight is 506 g/mol. The van der Waals surface area contributed by atoms with Gasteiger partial charge in [0.15, 0.2) is 0 Å². The average Bonchev–Trinajstić information content (AvgIpc) is 3.29. The number of halogens is 2. The van der Waals surface area contributed by atoms with Gasteiger partial charge in [-0.05, 0) is 24.8 Å². The van der Waals surface area contributed by atoms with Crippen molar-refractivity contribution < 1.29 is 27.0 Å². The fraction of sp³-hybridized carbons (Fsp3) is 0.308. The van der Waals surface area contributed by atoms with Crippen LogP contribution in [-0.2, 0) is 13.5 Å². The Labute approximate surface area is 209 Å². The Morgan fingerprint density at radius 2 is 2.08 bits per heavy atom. The Bertz CT molecular complexity index is 1640. The lowest BCUT2D eigenvalue weighted by atomic mass is 9.95. The number of hydrogen-bond donors (Lipinski definition) is 1. The number of aromatic amines is 1. The highest BCUT2D eigenvalue weighted by molar-refractivity contribution is 5.92.